The maximum Gasteiger partial charge on any atom is 0.244 e. The van der Waals surface area contributed by atoms with E-state index in [1.54, 1.807) is 6.08 Å². The zero-order valence-corrected chi connectivity index (χ0v) is 13.5. The lowest BCUT2D eigenvalue weighted by Crippen LogP contribution is -2.59. The minimum absolute atomic E-state index is 0.0434. The van der Waals surface area contributed by atoms with Crippen molar-refractivity contribution in [3.05, 3.63) is 40.9 Å². The molecule has 1 N–H and O–H groups in total. The van der Waals surface area contributed by atoms with E-state index in [-0.39, 0.29) is 11.4 Å². The van der Waals surface area contributed by atoms with E-state index in [1.165, 1.54) is 38.5 Å². The minimum atomic E-state index is 0.0434. The number of hydrogen-bond acceptors (Lipinski definition) is 1. The van der Waals surface area contributed by atoms with Gasteiger partial charge in [-0.1, -0.05) is 23.7 Å². The number of benzene rings is 1. The Kier molecular flexibility index (Phi) is 3.53. The van der Waals surface area contributed by atoms with Gasteiger partial charge in [0.2, 0.25) is 5.91 Å². The fraction of sp³-hybridized carbons (Fsp3) is 0.526. The van der Waals surface area contributed by atoms with E-state index in [1.807, 2.05) is 30.3 Å². The van der Waals surface area contributed by atoms with Crippen LogP contribution < -0.4 is 5.32 Å². The molecular weight excluding hydrogens is 294 g/mol. The maximum atomic E-state index is 12.4. The lowest BCUT2D eigenvalue weighted by atomic mass is 9.53. The van der Waals surface area contributed by atoms with E-state index < -0.39 is 0 Å². The third-order valence-electron chi connectivity index (χ3n) is 5.70. The smallest absolute Gasteiger partial charge is 0.244 e. The molecule has 0 aromatic heterocycles. The Morgan fingerprint density at radius 2 is 1.77 bits per heavy atom. The van der Waals surface area contributed by atoms with Gasteiger partial charge in [0, 0.05) is 16.6 Å². The van der Waals surface area contributed by atoms with Crippen LogP contribution in [0.25, 0.3) is 6.08 Å². The first-order chi connectivity index (χ1) is 10.6. The highest BCUT2D eigenvalue weighted by molar-refractivity contribution is 6.30. The Balaban J connectivity index is 1.44. The van der Waals surface area contributed by atoms with Gasteiger partial charge in [-0.05, 0) is 80.1 Å². The Morgan fingerprint density at radius 1 is 1.14 bits per heavy atom. The summed E-state index contributed by atoms with van der Waals surface area (Å²) in [6.45, 7) is 0. The normalized spacial score (nSPS) is 36.0. The first-order valence-electron chi connectivity index (χ1n) is 8.36. The first kappa shape index (κ1) is 14.3. The fourth-order valence-electron chi connectivity index (χ4n) is 5.35. The van der Waals surface area contributed by atoms with Crippen molar-refractivity contribution in [1.82, 2.24) is 5.32 Å². The Bertz CT molecular complexity index is 586. The number of nitrogens with one attached hydrogen (secondary N) is 1. The van der Waals surface area contributed by atoms with Gasteiger partial charge in [0.15, 0.2) is 0 Å². The second-order valence-electron chi connectivity index (χ2n) is 7.58. The largest absolute Gasteiger partial charge is 0.347 e. The average Bonchev–Trinajstić information content (AvgIpc) is 2.43. The molecule has 0 unspecified atom stereocenters. The van der Waals surface area contributed by atoms with Crippen molar-refractivity contribution in [1.29, 1.82) is 0 Å². The predicted molar refractivity (Wildman–Crippen MR) is 89.5 cm³/mol. The summed E-state index contributed by atoms with van der Waals surface area (Å²) >= 11 is 5.97. The summed E-state index contributed by atoms with van der Waals surface area (Å²) in [5.74, 6) is 2.59. The molecule has 0 saturated heterocycles. The fourth-order valence-corrected chi connectivity index (χ4v) is 5.55. The number of carbonyl (C=O) groups excluding carboxylic acids is 1. The van der Waals surface area contributed by atoms with Crippen LogP contribution in [0.2, 0.25) is 5.02 Å². The van der Waals surface area contributed by atoms with Gasteiger partial charge in [0.1, 0.15) is 0 Å². The van der Waals surface area contributed by atoms with Crippen LogP contribution in [-0.2, 0) is 4.79 Å². The second-order valence-corrected chi connectivity index (χ2v) is 8.01. The molecule has 4 bridgehead atoms. The zero-order valence-electron chi connectivity index (χ0n) is 12.7. The van der Waals surface area contributed by atoms with Crippen LogP contribution in [0, 0.1) is 17.8 Å². The van der Waals surface area contributed by atoms with Crippen LogP contribution in [0.3, 0.4) is 0 Å². The SMILES string of the molecule is O=C(/C=C/c1cccc(Cl)c1)NC12CC3CC(CC(C3)C1)C2. The van der Waals surface area contributed by atoms with E-state index in [0.29, 0.717) is 5.02 Å². The number of halogens is 1. The van der Waals surface area contributed by atoms with Crippen LogP contribution in [0.15, 0.2) is 30.3 Å². The molecule has 2 nitrogen and oxygen atoms in total. The molecule has 1 amide bonds. The molecule has 0 heterocycles. The minimum Gasteiger partial charge on any atom is -0.347 e. The number of rotatable bonds is 3. The van der Waals surface area contributed by atoms with Crippen molar-refractivity contribution in [3.8, 4) is 0 Å². The molecular formula is C19H22ClNO. The molecule has 0 atom stereocenters. The van der Waals surface area contributed by atoms with E-state index in [4.69, 9.17) is 11.6 Å². The van der Waals surface area contributed by atoms with Crippen LogP contribution in [0.1, 0.15) is 44.1 Å². The molecule has 4 saturated carbocycles. The standard InChI is InChI=1S/C19H22ClNO/c20-17-3-1-2-13(9-17)4-5-18(22)21-19-10-14-6-15(11-19)8-16(7-14)12-19/h1-5,9,14-16H,6-8,10-12H2,(H,21,22)/b5-4+. The molecule has 5 rings (SSSR count). The van der Waals surface area contributed by atoms with Gasteiger partial charge < -0.3 is 5.32 Å². The molecule has 0 aliphatic heterocycles. The molecule has 4 aliphatic rings. The van der Waals surface area contributed by atoms with Gasteiger partial charge >= 0.3 is 0 Å². The summed E-state index contributed by atoms with van der Waals surface area (Å²) in [5.41, 5.74) is 1.05. The quantitative estimate of drug-likeness (QED) is 0.821. The van der Waals surface area contributed by atoms with Crippen LogP contribution >= 0.6 is 11.6 Å². The van der Waals surface area contributed by atoms with E-state index in [2.05, 4.69) is 5.32 Å². The molecule has 0 radical (unpaired) electrons. The van der Waals surface area contributed by atoms with E-state index in [9.17, 15) is 4.79 Å². The lowest BCUT2D eigenvalue weighted by Gasteiger charge is -2.56. The number of amides is 1. The van der Waals surface area contributed by atoms with Crippen molar-refractivity contribution >= 4 is 23.6 Å². The second kappa shape index (κ2) is 5.42. The lowest BCUT2D eigenvalue weighted by molar-refractivity contribution is -0.122. The molecule has 3 heteroatoms. The molecule has 22 heavy (non-hydrogen) atoms. The molecule has 4 aliphatic carbocycles. The summed E-state index contributed by atoms with van der Waals surface area (Å²) in [6.07, 6.45) is 11.3. The summed E-state index contributed by atoms with van der Waals surface area (Å²) in [6, 6.07) is 7.57. The van der Waals surface area contributed by atoms with Gasteiger partial charge in [-0.25, -0.2) is 0 Å². The maximum absolute atomic E-state index is 12.4. The van der Waals surface area contributed by atoms with Crippen molar-refractivity contribution in [3.63, 3.8) is 0 Å². The first-order valence-corrected chi connectivity index (χ1v) is 8.74. The van der Waals surface area contributed by atoms with Gasteiger partial charge in [-0.2, -0.15) is 0 Å². The summed E-state index contributed by atoms with van der Waals surface area (Å²) in [5, 5.41) is 4.05. The van der Waals surface area contributed by atoms with Crippen molar-refractivity contribution in [2.24, 2.45) is 17.8 Å². The topological polar surface area (TPSA) is 29.1 Å². The highest BCUT2D eigenvalue weighted by Gasteiger charge is 2.51. The summed E-state index contributed by atoms with van der Waals surface area (Å²) in [7, 11) is 0. The predicted octanol–water partition coefficient (Wildman–Crippen LogP) is 4.44. The zero-order chi connectivity index (χ0) is 15.2. The monoisotopic (exact) mass is 315 g/mol. The average molecular weight is 316 g/mol. The highest BCUT2D eigenvalue weighted by Crippen LogP contribution is 2.55. The Labute approximate surface area is 136 Å². The Morgan fingerprint density at radius 3 is 2.36 bits per heavy atom. The van der Waals surface area contributed by atoms with Crippen LogP contribution in [0.5, 0.6) is 0 Å². The van der Waals surface area contributed by atoms with Gasteiger partial charge in [0.25, 0.3) is 0 Å². The van der Waals surface area contributed by atoms with Crippen LogP contribution in [-0.4, -0.2) is 11.4 Å². The van der Waals surface area contributed by atoms with Gasteiger partial charge in [-0.15, -0.1) is 0 Å². The van der Waals surface area contributed by atoms with Gasteiger partial charge in [-0.3, -0.25) is 4.79 Å². The molecule has 4 fully saturated rings. The Hall–Kier alpha value is -1.28. The van der Waals surface area contributed by atoms with Crippen LogP contribution in [0.4, 0.5) is 0 Å². The van der Waals surface area contributed by atoms with Crippen molar-refractivity contribution < 1.29 is 4.79 Å². The molecule has 1 aromatic carbocycles. The summed E-state index contributed by atoms with van der Waals surface area (Å²) in [4.78, 5) is 12.4. The highest BCUT2D eigenvalue weighted by atomic mass is 35.5. The summed E-state index contributed by atoms with van der Waals surface area (Å²) < 4.78 is 0. The van der Waals surface area contributed by atoms with E-state index >= 15 is 0 Å². The van der Waals surface area contributed by atoms with E-state index in [0.717, 1.165) is 23.3 Å². The van der Waals surface area contributed by atoms with Gasteiger partial charge in [0.05, 0.1) is 0 Å². The molecule has 116 valence electrons. The van der Waals surface area contributed by atoms with Crippen molar-refractivity contribution in [2.45, 2.75) is 44.1 Å². The third kappa shape index (κ3) is 2.81. The molecule has 1 aromatic rings. The number of carbonyl (C=O) groups is 1. The third-order valence-corrected chi connectivity index (χ3v) is 5.94. The van der Waals surface area contributed by atoms with Crippen molar-refractivity contribution in [2.75, 3.05) is 0 Å². The molecule has 0 spiro atoms. The number of hydrogen-bond donors (Lipinski definition) is 1.